The quantitative estimate of drug-likeness (QED) is 0.425. The third-order valence-corrected chi connectivity index (χ3v) is 3.73. The van der Waals surface area contributed by atoms with Gasteiger partial charge in [0.1, 0.15) is 0 Å². The Labute approximate surface area is 115 Å². The maximum Gasteiger partial charge on any atom is -0.0109 e. The molecule has 0 unspecified atom stereocenters. The molecule has 0 aliphatic heterocycles. The second-order valence-electron chi connectivity index (χ2n) is 5.30. The van der Waals surface area contributed by atoms with Crippen LogP contribution in [0.1, 0.15) is 80.1 Å². The molecule has 104 valence electrons. The molecule has 0 heterocycles. The van der Waals surface area contributed by atoms with Gasteiger partial charge in [0.2, 0.25) is 0 Å². The monoisotopic (exact) mass is 248 g/mol. The SMILES string of the molecule is CCC=C(C)CCC=C(CC)CC(C)=C(C)CC. The van der Waals surface area contributed by atoms with E-state index >= 15 is 0 Å². The summed E-state index contributed by atoms with van der Waals surface area (Å²) in [6.45, 7) is 13.5. The first-order valence-corrected chi connectivity index (χ1v) is 7.53. The standard InChI is InChI=1S/C18H32/c1-7-11-15(4)12-10-13-18(9-3)14-17(6)16(5)8-2/h11,13H,7-10,12,14H2,1-6H3. The topological polar surface area (TPSA) is 0 Å². The average molecular weight is 248 g/mol. The minimum absolute atomic E-state index is 1.16. The Hall–Kier alpha value is -0.780. The Kier molecular flexibility index (Phi) is 9.73. The van der Waals surface area contributed by atoms with Crippen molar-refractivity contribution in [3.05, 3.63) is 34.4 Å². The lowest BCUT2D eigenvalue weighted by atomic mass is 9.98. The van der Waals surface area contributed by atoms with Crippen LogP contribution in [-0.4, -0.2) is 0 Å². The van der Waals surface area contributed by atoms with Gasteiger partial charge in [-0.05, 0) is 59.3 Å². The number of allylic oxidation sites excluding steroid dienone is 6. The largest absolute Gasteiger partial charge is 0.0859 e. The molecule has 0 aromatic heterocycles. The van der Waals surface area contributed by atoms with Crippen LogP contribution >= 0.6 is 0 Å². The van der Waals surface area contributed by atoms with Gasteiger partial charge in [0.05, 0.1) is 0 Å². The molecule has 0 aromatic rings. The third-order valence-electron chi connectivity index (χ3n) is 3.73. The molecule has 0 rings (SSSR count). The third kappa shape index (κ3) is 7.53. The van der Waals surface area contributed by atoms with Crippen molar-refractivity contribution in [1.82, 2.24) is 0 Å². The molecule has 0 bridgehead atoms. The maximum absolute atomic E-state index is 2.46. The van der Waals surface area contributed by atoms with Crippen LogP contribution in [-0.2, 0) is 0 Å². The van der Waals surface area contributed by atoms with E-state index in [1.54, 1.807) is 16.7 Å². The van der Waals surface area contributed by atoms with Crippen LogP contribution in [0.3, 0.4) is 0 Å². The zero-order valence-corrected chi connectivity index (χ0v) is 13.4. The first kappa shape index (κ1) is 17.2. The number of rotatable bonds is 8. The highest BCUT2D eigenvalue weighted by molar-refractivity contribution is 5.18. The summed E-state index contributed by atoms with van der Waals surface area (Å²) in [4.78, 5) is 0. The van der Waals surface area contributed by atoms with Crippen LogP contribution in [0.15, 0.2) is 34.4 Å². The van der Waals surface area contributed by atoms with Gasteiger partial charge in [0.15, 0.2) is 0 Å². The van der Waals surface area contributed by atoms with Crippen LogP contribution in [0, 0.1) is 0 Å². The van der Waals surface area contributed by atoms with Crippen LogP contribution in [0.2, 0.25) is 0 Å². The highest BCUT2D eigenvalue weighted by Crippen LogP contribution is 2.20. The maximum atomic E-state index is 2.46. The van der Waals surface area contributed by atoms with E-state index < -0.39 is 0 Å². The molecule has 0 atom stereocenters. The summed E-state index contributed by atoms with van der Waals surface area (Å²) in [5.74, 6) is 0. The summed E-state index contributed by atoms with van der Waals surface area (Å²) in [6, 6.07) is 0. The van der Waals surface area contributed by atoms with Gasteiger partial charge in [-0.3, -0.25) is 0 Å². The van der Waals surface area contributed by atoms with Gasteiger partial charge in [-0.25, -0.2) is 0 Å². The molecule has 0 radical (unpaired) electrons. The first-order valence-electron chi connectivity index (χ1n) is 7.53. The van der Waals surface area contributed by atoms with Crippen LogP contribution in [0.25, 0.3) is 0 Å². The van der Waals surface area contributed by atoms with E-state index in [9.17, 15) is 0 Å². The molecule has 0 N–H and O–H groups in total. The van der Waals surface area contributed by atoms with Gasteiger partial charge in [-0.15, -0.1) is 0 Å². The van der Waals surface area contributed by atoms with E-state index in [1.807, 2.05) is 0 Å². The van der Waals surface area contributed by atoms with E-state index in [2.05, 4.69) is 53.7 Å². The van der Waals surface area contributed by atoms with Gasteiger partial charge < -0.3 is 0 Å². The Bertz CT molecular complexity index is 313. The average Bonchev–Trinajstić information content (AvgIpc) is 2.36. The lowest BCUT2D eigenvalue weighted by molar-refractivity contribution is 0.900. The van der Waals surface area contributed by atoms with E-state index in [4.69, 9.17) is 0 Å². The summed E-state index contributed by atoms with van der Waals surface area (Å²) < 4.78 is 0. The van der Waals surface area contributed by atoms with E-state index in [0.717, 1.165) is 6.42 Å². The fourth-order valence-corrected chi connectivity index (χ4v) is 2.09. The zero-order valence-electron chi connectivity index (χ0n) is 13.4. The van der Waals surface area contributed by atoms with Gasteiger partial charge in [-0.2, -0.15) is 0 Å². The first-order chi connectivity index (χ1) is 8.54. The van der Waals surface area contributed by atoms with Crippen molar-refractivity contribution in [3.8, 4) is 0 Å². The van der Waals surface area contributed by atoms with E-state index in [0.29, 0.717) is 0 Å². The van der Waals surface area contributed by atoms with Gasteiger partial charge in [0.25, 0.3) is 0 Å². The van der Waals surface area contributed by atoms with Crippen LogP contribution in [0.5, 0.6) is 0 Å². The highest BCUT2D eigenvalue weighted by Gasteiger charge is 1.99. The zero-order chi connectivity index (χ0) is 14.0. The van der Waals surface area contributed by atoms with Crippen molar-refractivity contribution in [2.75, 3.05) is 0 Å². The summed E-state index contributed by atoms with van der Waals surface area (Å²) in [5.41, 5.74) is 6.24. The summed E-state index contributed by atoms with van der Waals surface area (Å²) in [5, 5.41) is 0. The van der Waals surface area contributed by atoms with Gasteiger partial charge >= 0.3 is 0 Å². The molecule has 0 heteroatoms. The fourth-order valence-electron chi connectivity index (χ4n) is 2.09. The Balaban J connectivity index is 4.38. The highest BCUT2D eigenvalue weighted by atomic mass is 14.1. The molecular formula is C18H32. The lowest BCUT2D eigenvalue weighted by Gasteiger charge is -2.09. The van der Waals surface area contributed by atoms with Crippen molar-refractivity contribution in [1.29, 1.82) is 0 Å². The number of hydrogen-bond donors (Lipinski definition) is 0. The second kappa shape index (κ2) is 10.2. The second-order valence-corrected chi connectivity index (χ2v) is 5.30. The molecule has 0 saturated heterocycles. The van der Waals surface area contributed by atoms with Crippen molar-refractivity contribution in [2.24, 2.45) is 0 Å². The minimum atomic E-state index is 1.16. The molecule has 0 aliphatic rings. The van der Waals surface area contributed by atoms with E-state index in [1.165, 1.54) is 37.7 Å². The smallest absolute Gasteiger partial charge is 0.0109 e. The fraction of sp³-hybridized carbons (Fsp3) is 0.667. The molecule has 0 nitrogen and oxygen atoms in total. The molecule has 0 aromatic carbocycles. The van der Waals surface area contributed by atoms with Gasteiger partial charge in [-0.1, -0.05) is 55.2 Å². The van der Waals surface area contributed by atoms with Crippen molar-refractivity contribution >= 4 is 0 Å². The Morgan fingerprint density at radius 2 is 1.50 bits per heavy atom. The van der Waals surface area contributed by atoms with Gasteiger partial charge in [0, 0.05) is 0 Å². The number of hydrogen-bond acceptors (Lipinski definition) is 0. The van der Waals surface area contributed by atoms with E-state index in [-0.39, 0.29) is 0 Å². The lowest BCUT2D eigenvalue weighted by Crippen LogP contribution is -1.89. The summed E-state index contributed by atoms with van der Waals surface area (Å²) in [6.07, 6.45) is 11.9. The molecule has 0 saturated carbocycles. The minimum Gasteiger partial charge on any atom is -0.0859 e. The summed E-state index contributed by atoms with van der Waals surface area (Å²) in [7, 11) is 0. The Morgan fingerprint density at radius 3 is 2.00 bits per heavy atom. The van der Waals surface area contributed by atoms with Crippen molar-refractivity contribution < 1.29 is 0 Å². The van der Waals surface area contributed by atoms with Crippen LogP contribution in [0.4, 0.5) is 0 Å². The predicted octanol–water partition coefficient (Wildman–Crippen LogP) is 6.60. The van der Waals surface area contributed by atoms with Crippen molar-refractivity contribution in [3.63, 3.8) is 0 Å². The molecule has 0 spiro atoms. The predicted molar refractivity (Wildman–Crippen MR) is 84.9 cm³/mol. The molecule has 0 aliphatic carbocycles. The van der Waals surface area contributed by atoms with Crippen molar-refractivity contribution in [2.45, 2.75) is 80.1 Å². The molecule has 0 amide bonds. The normalized spacial score (nSPS) is 14.8. The summed E-state index contributed by atoms with van der Waals surface area (Å²) >= 11 is 0. The van der Waals surface area contributed by atoms with Crippen LogP contribution < -0.4 is 0 Å². The Morgan fingerprint density at radius 1 is 0.833 bits per heavy atom. The molecular weight excluding hydrogens is 216 g/mol. The molecule has 18 heavy (non-hydrogen) atoms. The molecule has 0 fully saturated rings.